The summed E-state index contributed by atoms with van der Waals surface area (Å²) in [5.74, 6) is 0. The number of nitrogens with one attached hydrogen (secondary N) is 1. The molecule has 0 aromatic heterocycles. The van der Waals surface area contributed by atoms with Gasteiger partial charge in [0.2, 0.25) is 0 Å². The van der Waals surface area contributed by atoms with E-state index in [0.717, 1.165) is 6.54 Å². The fraction of sp³-hybridized carbons (Fsp3) is 1.00. The zero-order chi connectivity index (χ0) is 10.7. The van der Waals surface area contributed by atoms with Gasteiger partial charge < -0.3 is 4.90 Å². The number of nitrogens with zero attached hydrogens (tertiary/aromatic N) is 3. The molecule has 0 aliphatic carbocycles. The fourth-order valence-corrected chi connectivity index (χ4v) is 2.46. The summed E-state index contributed by atoms with van der Waals surface area (Å²) in [5.41, 5.74) is 0. The Morgan fingerprint density at radius 3 is 2.53 bits per heavy atom. The van der Waals surface area contributed by atoms with Gasteiger partial charge in [-0.2, -0.15) is 0 Å². The largest absolute Gasteiger partial charge is 0.304 e. The van der Waals surface area contributed by atoms with Gasteiger partial charge in [0.05, 0.1) is 6.17 Å². The molecule has 1 unspecified atom stereocenters. The minimum atomic E-state index is 0.590. The zero-order valence-corrected chi connectivity index (χ0v) is 10.1. The molecule has 0 aromatic rings. The van der Waals surface area contributed by atoms with Gasteiger partial charge in [0, 0.05) is 45.8 Å². The van der Waals surface area contributed by atoms with E-state index >= 15 is 0 Å². The minimum absolute atomic E-state index is 0.590. The van der Waals surface area contributed by atoms with E-state index in [2.05, 4.69) is 34.0 Å². The predicted molar refractivity (Wildman–Crippen MR) is 63.0 cm³/mol. The van der Waals surface area contributed by atoms with Crippen LogP contribution in [0.25, 0.3) is 0 Å². The second-order valence-corrected chi connectivity index (χ2v) is 4.70. The van der Waals surface area contributed by atoms with Gasteiger partial charge in [-0.25, -0.2) is 0 Å². The highest BCUT2D eigenvalue weighted by Crippen LogP contribution is 2.07. The van der Waals surface area contributed by atoms with Crippen molar-refractivity contribution in [3.05, 3.63) is 0 Å². The van der Waals surface area contributed by atoms with Gasteiger partial charge in [-0.3, -0.25) is 15.1 Å². The van der Waals surface area contributed by atoms with Crippen molar-refractivity contribution < 1.29 is 0 Å². The maximum Gasteiger partial charge on any atom is 0.0729 e. The Morgan fingerprint density at radius 1 is 1.13 bits per heavy atom. The summed E-state index contributed by atoms with van der Waals surface area (Å²) in [6.45, 7) is 11.8. The van der Waals surface area contributed by atoms with E-state index in [9.17, 15) is 0 Å². The van der Waals surface area contributed by atoms with Crippen LogP contribution in [0, 0.1) is 0 Å². The van der Waals surface area contributed by atoms with Crippen LogP contribution in [-0.2, 0) is 0 Å². The van der Waals surface area contributed by atoms with E-state index in [4.69, 9.17) is 0 Å². The molecule has 0 radical (unpaired) electrons. The van der Waals surface area contributed by atoms with Crippen molar-refractivity contribution in [2.45, 2.75) is 13.1 Å². The Labute approximate surface area is 93.2 Å². The quantitative estimate of drug-likeness (QED) is 0.665. The first-order valence-electron chi connectivity index (χ1n) is 6.18. The first kappa shape index (κ1) is 11.3. The third-order valence-electron chi connectivity index (χ3n) is 3.66. The van der Waals surface area contributed by atoms with Gasteiger partial charge in [0.1, 0.15) is 0 Å². The van der Waals surface area contributed by atoms with Gasteiger partial charge >= 0.3 is 0 Å². The number of hydrogen-bond acceptors (Lipinski definition) is 4. The molecule has 2 fully saturated rings. The van der Waals surface area contributed by atoms with Crippen LogP contribution in [0.1, 0.15) is 6.92 Å². The topological polar surface area (TPSA) is 21.8 Å². The number of piperazine rings is 2. The van der Waals surface area contributed by atoms with Gasteiger partial charge in [-0.15, -0.1) is 0 Å². The minimum Gasteiger partial charge on any atom is -0.304 e. The van der Waals surface area contributed by atoms with E-state index in [0.29, 0.717) is 6.17 Å². The first-order valence-corrected chi connectivity index (χ1v) is 6.18. The molecule has 2 aliphatic rings. The molecule has 4 heteroatoms. The molecule has 15 heavy (non-hydrogen) atoms. The lowest BCUT2D eigenvalue weighted by Crippen LogP contribution is -2.61. The van der Waals surface area contributed by atoms with Crippen LogP contribution < -0.4 is 5.32 Å². The molecule has 0 saturated carbocycles. The Balaban J connectivity index is 1.82. The van der Waals surface area contributed by atoms with Crippen LogP contribution in [0.4, 0.5) is 0 Å². The second kappa shape index (κ2) is 5.25. The number of hydrogen-bond donors (Lipinski definition) is 1. The van der Waals surface area contributed by atoms with Crippen molar-refractivity contribution in [3.63, 3.8) is 0 Å². The van der Waals surface area contributed by atoms with Crippen molar-refractivity contribution in [1.29, 1.82) is 0 Å². The third-order valence-corrected chi connectivity index (χ3v) is 3.66. The van der Waals surface area contributed by atoms with Crippen molar-refractivity contribution in [3.8, 4) is 0 Å². The lowest BCUT2D eigenvalue weighted by Gasteiger charge is -2.43. The van der Waals surface area contributed by atoms with Crippen molar-refractivity contribution in [2.75, 3.05) is 59.4 Å². The molecule has 2 heterocycles. The number of likely N-dealkylation sites (N-methyl/N-ethyl adjacent to an activating group) is 2. The maximum absolute atomic E-state index is 3.63. The van der Waals surface area contributed by atoms with E-state index < -0.39 is 0 Å². The van der Waals surface area contributed by atoms with E-state index in [1.54, 1.807) is 0 Å². The van der Waals surface area contributed by atoms with Gasteiger partial charge in [-0.1, -0.05) is 6.92 Å². The van der Waals surface area contributed by atoms with Gasteiger partial charge in [0.15, 0.2) is 0 Å². The molecule has 4 nitrogen and oxygen atoms in total. The molecular weight excluding hydrogens is 188 g/mol. The average Bonchev–Trinajstić information content (AvgIpc) is 2.30. The summed E-state index contributed by atoms with van der Waals surface area (Å²) < 4.78 is 0. The van der Waals surface area contributed by atoms with E-state index in [-0.39, 0.29) is 0 Å². The standard InChI is InChI=1S/C11H24N4/c1-3-14-5-4-12-11(10-14)15-8-6-13(2)7-9-15/h11-12H,3-10H2,1-2H3. The smallest absolute Gasteiger partial charge is 0.0729 e. The SMILES string of the molecule is CCN1CCNC(N2CCN(C)CC2)C1. The van der Waals surface area contributed by atoms with Crippen LogP contribution >= 0.6 is 0 Å². The highest BCUT2D eigenvalue weighted by atomic mass is 15.4. The molecule has 0 amide bonds. The van der Waals surface area contributed by atoms with E-state index in [1.807, 2.05) is 0 Å². The van der Waals surface area contributed by atoms with E-state index in [1.165, 1.54) is 45.8 Å². The second-order valence-electron chi connectivity index (χ2n) is 4.70. The van der Waals surface area contributed by atoms with Crippen LogP contribution in [0.2, 0.25) is 0 Å². The zero-order valence-electron chi connectivity index (χ0n) is 10.1. The Kier molecular flexibility index (Phi) is 3.97. The molecule has 88 valence electrons. The summed E-state index contributed by atoms with van der Waals surface area (Å²) in [5, 5.41) is 3.63. The lowest BCUT2D eigenvalue weighted by molar-refractivity contribution is 0.0505. The van der Waals surface area contributed by atoms with Crippen molar-refractivity contribution in [2.24, 2.45) is 0 Å². The highest BCUT2D eigenvalue weighted by molar-refractivity contribution is 4.81. The molecule has 0 aromatic carbocycles. The molecule has 2 saturated heterocycles. The van der Waals surface area contributed by atoms with Crippen LogP contribution in [0.5, 0.6) is 0 Å². The Bertz CT molecular complexity index is 189. The molecule has 1 N–H and O–H groups in total. The third kappa shape index (κ3) is 2.91. The monoisotopic (exact) mass is 212 g/mol. The molecule has 2 aliphatic heterocycles. The van der Waals surface area contributed by atoms with Crippen LogP contribution in [0.3, 0.4) is 0 Å². The van der Waals surface area contributed by atoms with Crippen molar-refractivity contribution in [1.82, 2.24) is 20.0 Å². The van der Waals surface area contributed by atoms with Gasteiger partial charge in [0.25, 0.3) is 0 Å². The summed E-state index contributed by atoms with van der Waals surface area (Å²) in [6, 6.07) is 0. The van der Waals surface area contributed by atoms with Crippen molar-refractivity contribution >= 4 is 0 Å². The molecular formula is C11H24N4. The van der Waals surface area contributed by atoms with Crippen LogP contribution in [-0.4, -0.2) is 80.3 Å². The lowest BCUT2D eigenvalue weighted by atomic mass is 10.2. The predicted octanol–water partition coefficient (Wildman–Crippen LogP) is -0.515. The molecule has 1 atom stereocenters. The Morgan fingerprint density at radius 2 is 1.87 bits per heavy atom. The van der Waals surface area contributed by atoms with Gasteiger partial charge in [-0.05, 0) is 13.6 Å². The van der Waals surface area contributed by atoms with Crippen LogP contribution in [0.15, 0.2) is 0 Å². The Hall–Kier alpha value is -0.160. The normalized spacial score (nSPS) is 32.0. The highest BCUT2D eigenvalue weighted by Gasteiger charge is 2.25. The molecule has 2 rings (SSSR count). The maximum atomic E-state index is 3.63. The summed E-state index contributed by atoms with van der Waals surface area (Å²) in [7, 11) is 2.21. The first-order chi connectivity index (χ1) is 7.29. The average molecular weight is 212 g/mol. The molecule has 0 spiro atoms. The fourth-order valence-electron chi connectivity index (χ4n) is 2.46. The summed E-state index contributed by atoms with van der Waals surface area (Å²) in [6.07, 6.45) is 0.590. The molecule has 0 bridgehead atoms. The summed E-state index contributed by atoms with van der Waals surface area (Å²) in [4.78, 5) is 7.55. The summed E-state index contributed by atoms with van der Waals surface area (Å²) >= 11 is 0. The number of rotatable bonds is 2.